The highest BCUT2D eigenvalue weighted by Gasteiger charge is 2.44. The minimum atomic E-state index is -0.769. The molecule has 9 heteroatoms. The van der Waals surface area contributed by atoms with Gasteiger partial charge in [0.15, 0.2) is 0 Å². The van der Waals surface area contributed by atoms with Crippen molar-refractivity contribution in [1.82, 2.24) is 25.1 Å². The average Bonchev–Trinajstić information content (AvgIpc) is 2.98. The van der Waals surface area contributed by atoms with Crippen LogP contribution in [0.5, 0.6) is 5.88 Å². The van der Waals surface area contributed by atoms with Crippen molar-refractivity contribution in [2.45, 2.75) is 57.3 Å². The SMILES string of the molecule is COc1ccc(CN2C3CC2CN(c2ccc(-c4cc(CCC(C)(C)O)cc5nncc(C#N)c45)cn2)C3)cn1. The second kappa shape index (κ2) is 10.5. The largest absolute Gasteiger partial charge is 0.481 e. The van der Waals surface area contributed by atoms with E-state index >= 15 is 0 Å². The summed E-state index contributed by atoms with van der Waals surface area (Å²) in [6, 6.07) is 15.5. The molecule has 7 rings (SSSR count). The molecule has 4 aromatic rings. The van der Waals surface area contributed by atoms with Crippen LogP contribution in [0, 0.1) is 11.3 Å². The molecule has 1 N–H and O–H groups in total. The monoisotopic (exact) mass is 535 g/mol. The van der Waals surface area contributed by atoms with Gasteiger partial charge in [-0.3, -0.25) is 4.90 Å². The molecule has 2 atom stereocenters. The predicted molar refractivity (Wildman–Crippen MR) is 153 cm³/mol. The fraction of sp³-hybridized carbons (Fsp3) is 0.387. The van der Waals surface area contributed by atoms with Crippen LogP contribution in [0.2, 0.25) is 0 Å². The number of pyridine rings is 2. The van der Waals surface area contributed by atoms with E-state index in [1.54, 1.807) is 7.11 Å². The van der Waals surface area contributed by atoms with Crippen molar-refractivity contribution in [3.05, 3.63) is 71.7 Å². The number of rotatable bonds is 8. The third-order valence-electron chi connectivity index (χ3n) is 8.04. The van der Waals surface area contributed by atoms with Gasteiger partial charge in [0.05, 0.1) is 30.0 Å². The van der Waals surface area contributed by atoms with Gasteiger partial charge in [0, 0.05) is 61.1 Å². The Morgan fingerprint density at radius 2 is 1.88 bits per heavy atom. The molecule has 0 spiro atoms. The topological polar surface area (TPSA) is 111 Å². The van der Waals surface area contributed by atoms with E-state index in [1.807, 2.05) is 38.4 Å². The van der Waals surface area contributed by atoms with Gasteiger partial charge in [-0.2, -0.15) is 15.5 Å². The van der Waals surface area contributed by atoms with E-state index in [0.29, 0.717) is 41.9 Å². The summed E-state index contributed by atoms with van der Waals surface area (Å²) in [7, 11) is 1.63. The molecule has 40 heavy (non-hydrogen) atoms. The predicted octanol–water partition coefficient (Wildman–Crippen LogP) is 4.13. The number of anilines is 1. The Hall–Kier alpha value is -4.13. The Labute approximate surface area is 234 Å². The summed E-state index contributed by atoms with van der Waals surface area (Å²) < 4.78 is 5.18. The van der Waals surface area contributed by atoms with Crippen LogP contribution in [0.25, 0.3) is 22.0 Å². The maximum absolute atomic E-state index is 10.3. The lowest BCUT2D eigenvalue weighted by atomic mass is 9.87. The summed E-state index contributed by atoms with van der Waals surface area (Å²) in [5, 5.41) is 29.2. The summed E-state index contributed by atoms with van der Waals surface area (Å²) in [6.07, 6.45) is 7.82. The summed E-state index contributed by atoms with van der Waals surface area (Å²) in [6.45, 7) is 6.40. The van der Waals surface area contributed by atoms with Crippen molar-refractivity contribution >= 4 is 16.7 Å². The van der Waals surface area contributed by atoms with E-state index in [1.165, 1.54) is 18.2 Å². The number of piperazine rings is 1. The summed E-state index contributed by atoms with van der Waals surface area (Å²) in [5.74, 6) is 1.60. The van der Waals surface area contributed by atoms with E-state index in [-0.39, 0.29) is 0 Å². The number of aliphatic hydroxyl groups is 1. The van der Waals surface area contributed by atoms with Gasteiger partial charge in [0.2, 0.25) is 5.88 Å². The Balaban J connectivity index is 1.21. The van der Waals surface area contributed by atoms with Crippen LogP contribution in [0.1, 0.15) is 43.4 Å². The van der Waals surface area contributed by atoms with Gasteiger partial charge in [0.1, 0.15) is 11.9 Å². The van der Waals surface area contributed by atoms with Crippen LogP contribution >= 0.6 is 0 Å². The Bertz CT molecular complexity index is 1550. The minimum Gasteiger partial charge on any atom is -0.481 e. The summed E-state index contributed by atoms with van der Waals surface area (Å²) in [5.41, 5.74) is 4.48. The highest BCUT2D eigenvalue weighted by Crippen LogP contribution is 2.37. The molecule has 9 nitrogen and oxygen atoms in total. The lowest BCUT2D eigenvalue weighted by molar-refractivity contribution is -0.00876. The van der Waals surface area contributed by atoms with Crippen molar-refractivity contribution in [3.8, 4) is 23.1 Å². The maximum atomic E-state index is 10.3. The zero-order valence-corrected chi connectivity index (χ0v) is 23.1. The highest BCUT2D eigenvalue weighted by atomic mass is 16.5. The number of nitrogens with zero attached hydrogens (tertiary/aromatic N) is 7. The highest BCUT2D eigenvalue weighted by molar-refractivity contribution is 5.98. The molecule has 0 saturated carbocycles. The van der Waals surface area contributed by atoms with Crippen molar-refractivity contribution in [1.29, 1.82) is 5.26 Å². The third-order valence-corrected chi connectivity index (χ3v) is 8.04. The molecule has 0 amide bonds. The smallest absolute Gasteiger partial charge is 0.212 e. The van der Waals surface area contributed by atoms with Crippen LogP contribution in [-0.2, 0) is 13.0 Å². The first-order valence-corrected chi connectivity index (χ1v) is 13.7. The van der Waals surface area contributed by atoms with Gasteiger partial charge >= 0.3 is 0 Å². The number of aromatic nitrogens is 4. The van der Waals surface area contributed by atoms with Crippen molar-refractivity contribution in [2.75, 3.05) is 25.1 Å². The van der Waals surface area contributed by atoms with Crippen molar-refractivity contribution in [3.63, 3.8) is 0 Å². The molecule has 2 bridgehead atoms. The molecule has 6 heterocycles. The maximum Gasteiger partial charge on any atom is 0.212 e. The second-order valence-electron chi connectivity index (χ2n) is 11.5. The lowest BCUT2D eigenvalue weighted by Crippen LogP contribution is -2.68. The molecule has 3 aliphatic rings. The zero-order valence-electron chi connectivity index (χ0n) is 23.1. The van der Waals surface area contributed by atoms with Crippen LogP contribution in [0.3, 0.4) is 0 Å². The molecule has 0 radical (unpaired) electrons. The van der Waals surface area contributed by atoms with Gasteiger partial charge in [-0.25, -0.2) is 9.97 Å². The standard InChI is InChI=1S/C31H33N7O2/c1-31(2,39)9-8-20-10-26(30-23(13-32)16-35-36-27(30)11-20)22-5-6-28(33-15-22)37-18-24-12-25(19-37)38(24)17-21-4-7-29(40-3)34-14-21/h4-7,10-11,14-16,24-25,39H,8-9,12,17-19H2,1-3H3. The number of nitriles is 1. The van der Waals surface area contributed by atoms with E-state index in [9.17, 15) is 10.4 Å². The first-order chi connectivity index (χ1) is 19.3. The summed E-state index contributed by atoms with van der Waals surface area (Å²) >= 11 is 0. The minimum absolute atomic E-state index is 0.487. The number of hydrogen-bond acceptors (Lipinski definition) is 9. The van der Waals surface area contributed by atoms with Gasteiger partial charge in [-0.15, -0.1) is 0 Å². The van der Waals surface area contributed by atoms with Crippen molar-refractivity contribution in [2.24, 2.45) is 0 Å². The first-order valence-electron chi connectivity index (χ1n) is 13.7. The molecule has 0 aliphatic carbocycles. The number of methoxy groups -OCH3 is 1. The Morgan fingerprint density at radius 3 is 2.52 bits per heavy atom. The lowest BCUT2D eigenvalue weighted by Gasteiger charge is -2.56. The average molecular weight is 536 g/mol. The fourth-order valence-electron chi connectivity index (χ4n) is 5.87. The number of aryl methyl sites for hydroxylation is 1. The van der Waals surface area contributed by atoms with Gasteiger partial charge in [0.25, 0.3) is 0 Å². The Morgan fingerprint density at radius 1 is 1.05 bits per heavy atom. The van der Waals surface area contributed by atoms with Gasteiger partial charge < -0.3 is 14.7 Å². The van der Waals surface area contributed by atoms with Crippen LogP contribution < -0.4 is 9.64 Å². The molecule has 204 valence electrons. The molecule has 3 aromatic heterocycles. The molecular weight excluding hydrogens is 502 g/mol. The molecule has 1 aromatic carbocycles. The second-order valence-corrected chi connectivity index (χ2v) is 11.5. The quantitative estimate of drug-likeness (QED) is 0.356. The van der Waals surface area contributed by atoms with Crippen LogP contribution in [-0.4, -0.2) is 68.1 Å². The van der Waals surface area contributed by atoms with Gasteiger partial charge in [-0.1, -0.05) is 12.1 Å². The number of fused-ring (bicyclic) bond motifs is 3. The molecule has 3 saturated heterocycles. The number of piperidine rings is 1. The van der Waals surface area contributed by atoms with Crippen LogP contribution in [0.4, 0.5) is 5.82 Å². The fourth-order valence-corrected chi connectivity index (χ4v) is 5.87. The third kappa shape index (κ3) is 5.20. The number of hydrogen-bond donors (Lipinski definition) is 1. The normalized spacial score (nSPS) is 18.8. The molecule has 2 unspecified atom stereocenters. The van der Waals surface area contributed by atoms with E-state index in [4.69, 9.17) is 9.72 Å². The Kier molecular flexibility index (Phi) is 6.82. The van der Waals surface area contributed by atoms with E-state index < -0.39 is 5.60 Å². The molecule has 3 aliphatic heterocycles. The number of benzene rings is 1. The van der Waals surface area contributed by atoms with E-state index in [2.05, 4.69) is 55.3 Å². The first kappa shape index (κ1) is 26.1. The molecular formula is C31H33N7O2. The van der Waals surface area contributed by atoms with Crippen LogP contribution in [0.15, 0.2) is 55.0 Å². The molecule has 3 fully saturated rings. The zero-order chi connectivity index (χ0) is 27.9. The van der Waals surface area contributed by atoms with E-state index in [0.717, 1.165) is 47.5 Å². The number of ether oxygens (including phenoxy) is 1. The van der Waals surface area contributed by atoms with Crippen molar-refractivity contribution < 1.29 is 9.84 Å². The van der Waals surface area contributed by atoms with Gasteiger partial charge in [-0.05, 0) is 68.0 Å². The summed E-state index contributed by atoms with van der Waals surface area (Å²) in [4.78, 5) is 14.1.